The molecule has 7 nitrogen and oxygen atoms in total. The average molecular weight is 291 g/mol. The van der Waals surface area contributed by atoms with Gasteiger partial charge >= 0.3 is 29.6 Å². The van der Waals surface area contributed by atoms with E-state index in [0.717, 1.165) is 0 Å². The van der Waals surface area contributed by atoms with Gasteiger partial charge in [-0.25, -0.2) is 8.42 Å². The van der Waals surface area contributed by atoms with Crippen LogP contribution in [0.25, 0.3) is 0 Å². The zero-order valence-electron chi connectivity index (χ0n) is 10.5. The van der Waals surface area contributed by atoms with Crippen molar-refractivity contribution in [1.82, 2.24) is 0 Å². The van der Waals surface area contributed by atoms with Crippen molar-refractivity contribution in [3.63, 3.8) is 0 Å². The maximum atomic E-state index is 11.3. The Morgan fingerprint density at radius 3 is 2.58 bits per heavy atom. The van der Waals surface area contributed by atoms with Gasteiger partial charge in [0.05, 0.1) is 5.69 Å². The predicted octanol–water partition coefficient (Wildman–Crippen LogP) is -1.25. The molecule has 0 aromatic heterocycles. The summed E-state index contributed by atoms with van der Waals surface area (Å²) in [5.41, 5.74) is 0.848. The Morgan fingerprint density at radius 2 is 2.05 bits per heavy atom. The SMILES string of the molecule is C=C(C)C(=O)Nc1cccc(N=NS(=O)(=O)[O-])c1.[Na+]. The maximum Gasteiger partial charge on any atom is 1.00 e. The molecule has 0 aliphatic carbocycles. The number of carbonyl (C=O) groups is 1. The molecule has 0 aliphatic rings. The summed E-state index contributed by atoms with van der Waals surface area (Å²) in [6, 6.07) is 5.91. The number of nitrogens with one attached hydrogen (secondary N) is 1. The summed E-state index contributed by atoms with van der Waals surface area (Å²) in [4.78, 5) is 11.3. The van der Waals surface area contributed by atoms with Gasteiger partial charge in [0.1, 0.15) is 0 Å². The molecule has 96 valence electrons. The van der Waals surface area contributed by atoms with Gasteiger partial charge in [-0.2, -0.15) is 0 Å². The van der Waals surface area contributed by atoms with E-state index in [1.165, 1.54) is 18.2 Å². The molecule has 0 spiro atoms. The standard InChI is InChI=1S/C10H11N3O4S.Na/c1-7(2)10(14)11-8-4-3-5-9(6-8)12-13-18(15,16)17;/h3-6H,1H2,2H3,(H,11,14)(H,15,16,17);/q;+1/p-1. The van der Waals surface area contributed by atoms with E-state index < -0.39 is 10.3 Å². The van der Waals surface area contributed by atoms with Crippen LogP contribution in [-0.4, -0.2) is 18.9 Å². The number of rotatable bonds is 4. The fourth-order valence-corrected chi connectivity index (χ4v) is 1.18. The summed E-state index contributed by atoms with van der Waals surface area (Å²) in [6.07, 6.45) is 0. The molecule has 1 amide bonds. The van der Waals surface area contributed by atoms with Crippen molar-refractivity contribution in [2.24, 2.45) is 9.63 Å². The Balaban J connectivity index is 0.00000324. The second kappa shape index (κ2) is 7.51. The van der Waals surface area contributed by atoms with Crippen molar-refractivity contribution >= 4 is 27.6 Å². The molecule has 0 saturated carbocycles. The summed E-state index contributed by atoms with van der Waals surface area (Å²) >= 11 is 0. The zero-order valence-corrected chi connectivity index (χ0v) is 13.3. The van der Waals surface area contributed by atoms with Gasteiger partial charge in [-0.05, 0) is 25.1 Å². The van der Waals surface area contributed by atoms with Gasteiger partial charge in [0, 0.05) is 11.3 Å². The quantitative estimate of drug-likeness (QED) is 0.323. The fourth-order valence-electron chi connectivity index (χ4n) is 0.981. The largest absolute Gasteiger partial charge is 1.00 e. The molecule has 1 aromatic rings. The van der Waals surface area contributed by atoms with Gasteiger partial charge in [0.25, 0.3) is 5.91 Å². The first kappa shape index (κ1) is 17.9. The molecule has 1 N–H and O–H groups in total. The van der Waals surface area contributed by atoms with Crippen molar-refractivity contribution in [1.29, 1.82) is 0 Å². The van der Waals surface area contributed by atoms with E-state index in [-0.39, 0.29) is 41.2 Å². The van der Waals surface area contributed by atoms with Crippen LogP contribution < -0.4 is 34.9 Å². The smallest absolute Gasteiger partial charge is 0.728 e. The van der Waals surface area contributed by atoms with Crippen LogP contribution in [-0.2, 0) is 15.1 Å². The van der Waals surface area contributed by atoms with Crippen molar-refractivity contribution in [3.05, 3.63) is 36.4 Å². The van der Waals surface area contributed by atoms with Crippen LogP contribution in [0.2, 0.25) is 0 Å². The van der Waals surface area contributed by atoms with E-state index in [1.54, 1.807) is 13.0 Å². The predicted molar refractivity (Wildman–Crippen MR) is 64.1 cm³/mol. The number of amides is 1. The summed E-state index contributed by atoms with van der Waals surface area (Å²) in [6.45, 7) is 5.01. The molecular formula is C10H10N3NaO4S. The third kappa shape index (κ3) is 7.19. The topological polar surface area (TPSA) is 111 Å². The van der Waals surface area contributed by atoms with Gasteiger partial charge in [0.15, 0.2) is 0 Å². The average Bonchev–Trinajstić information content (AvgIpc) is 2.26. The van der Waals surface area contributed by atoms with E-state index in [0.29, 0.717) is 11.3 Å². The molecule has 1 rings (SSSR count). The molecule has 0 fully saturated rings. The van der Waals surface area contributed by atoms with E-state index in [2.05, 4.69) is 21.5 Å². The summed E-state index contributed by atoms with van der Waals surface area (Å²) in [5, 5.41) is 5.75. The summed E-state index contributed by atoms with van der Waals surface area (Å²) < 4.78 is 33.4. The van der Waals surface area contributed by atoms with Crippen LogP contribution in [0.15, 0.2) is 46.1 Å². The Morgan fingerprint density at radius 1 is 1.42 bits per heavy atom. The minimum absolute atomic E-state index is 0. The molecular weight excluding hydrogens is 281 g/mol. The van der Waals surface area contributed by atoms with Crippen LogP contribution >= 0.6 is 0 Å². The first-order chi connectivity index (χ1) is 8.28. The monoisotopic (exact) mass is 291 g/mol. The summed E-state index contributed by atoms with van der Waals surface area (Å²) in [7, 11) is -4.76. The Bertz CT molecular complexity index is 613. The van der Waals surface area contributed by atoms with Crippen LogP contribution in [0.1, 0.15) is 6.92 Å². The van der Waals surface area contributed by atoms with E-state index >= 15 is 0 Å². The molecule has 0 heterocycles. The summed E-state index contributed by atoms with van der Waals surface area (Å²) in [5.74, 6) is -0.375. The van der Waals surface area contributed by atoms with Crippen molar-refractivity contribution < 1.29 is 47.3 Å². The van der Waals surface area contributed by atoms with Crippen molar-refractivity contribution in [2.75, 3.05) is 5.32 Å². The third-order valence-corrected chi connectivity index (χ3v) is 2.03. The first-order valence-electron chi connectivity index (χ1n) is 4.74. The van der Waals surface area contributed by atoms with Crippen molar-refractivity contribution in [3.8, 4) is 0 Å². The Hall–Kier alpha value is -1.06. The number of benzene rings is 1. The number of anilines is 1. The van der Waals surface area contributed by atoms with Crippen molar-refractivity contribution in [2.45, 2.75) is 6.92 Å². The molecule has 1 aromatic carbocycles. The molecule has 0 saturated heterocycles. The molecule has 0 radical (unpaired) electrons. The Kier molecular flexibility index (Phi) is 7.09. The Labute approximate surface area is 133 Å². The molecule has 0 atom stereocenters. The van der Waals surface area contributed by atoms with Gasteiger partial charge < -0.3 is 9.87 Å². The molecule has 0 bridgehead atoms. The van der Waals surface area contributed by atoms with Crippen LogP contribution in [0.3, 0.4) is 0 Å². The number of hydrogen-bond acceptors (Lipinski definition) is 5. The third-order valence-electron chi connectivity index (χ3n) is 1.75. The van der Waals surface area contributed by atoms with Gasteiger partial charge in [-0.3, -0.25) is 4.79 Å². The minimum atomic E-state index is -4.76. The van der Waals surface area contributed by atoms with Gasteiger partial charge in [-0.15, -0.1) is 5.11 Å². The van der Waals surface area contributed by atoms with Crippen LogP contribution in [0.4, 0.5) is 11.4 Å². The molecule has 0 unspecified atom stereocenters. The van der Waals surface area contributed by atoms with E-state index in [9.17, 15) is 17.8 Å². The number of carbonyl (C=O) groups excluding carboxylic acids is 1. The molecule has 19 heavy (non-hydrogen) atoms. The van der Waals surface area contributed by atoms with Gasteiger partial charge in [-0.1, -0.05) is 17.2 Å². The first-order valence-corrected chi connectivity index (χ1v) is 6.10. The number of nitrogens with zero attached hydrogens (tertiary/aromatic N) is 2. The molecule has 9 heteroatoms. The second-order valence-corrected chi connectivity index (χ2v) is 4.41. The minimum Gasteiger partial charge on any atom is -0.728 e. The zero-order chi connectivity index (χ0) is 13.8. The number of hydrogen-bond donors (Lipinski definition) is 1. The fraction of sp³-hybridized carbons (Fsp3) is 0.100. The van der Waals surface area contributed by atoms with E-state index in [1.807, 2.05) is 0 Å². The van der Waals surface area contributed by atoms with E-state index in [4.69, 9.17) is 0 Å². The maximum absolute atomic E-state index is 11.3. The second-order valence-electron chi connectivity index (χ2n) is 3.39. The van der Waals surface area contributed by atoms with Gasteiger partial charge in [0.2, 0.25) is 10.3 Å². The normalized spacial score (nSPS) is 10.8. The van der Waals surface area contributed by atoms with Crippen LogP contribution in [0.5, 0.6) is 0 Å². The van der Waals surface area contributed by atoms with Crippen LogP contribution in [0, 0.1) is 0 Å². The molecule has 0 aliphatic heterocycles.